The second kappa shape index (κ2) is 7.56. The van der Waals surface area contributed by atoms with Gasteiger partial charge in [-0.05, 0) is 37.3 Å². The van der Waals surface area contributed by atoms with E-state index in [4.69, 9.17) is 9.84 Å². The number of aryl methyl sites for hydroxylation is 2. The van der Waals surface area contributed by atoms with Gasteiger partial charge in [0, 0.05) is 18.5 Å². The van der Waals surface area contributed by atoms with Crippen LogP contribution in [0.5, 0.6) is 0 Å². The van der Waals surface area contributed by atoms with Gasteiger partial charge in [-0.15, -0.1) is 11.3 Å². The predicted molar refractivity (Wildman–Crippen MR) is 81.0 cm³/mol. The van der Waals surface area contributed by atoms with E-state index in [0.717, 1.165) is 12.8 Å². The molecule has 1 aliphatic carbocycles. The van der Waals surface area contributed by atoms with Crippen molar-refractivity contribution in [3.8, 4) is 0 Å². The van der Waals surface area contributed by atoms with E-state index in [0.29, 0.717) is 18.0 Å². The molecule has 0 atom stereocenters. The van der Waals surface area contributed by atoms with Crippen LogP contribution in [0.2, 0.25) is 0 Å². The van der Waals surface area contributed by atoms with Crippen LogP contribution in [0.3, 0.4) is 0 Å². The zero-order chi connectivity index (χ0) is 15.2. The molecule has 1 aromatic heterocycles. The fourth-order valence-corrected chi connectivity index (χ4v) is 3.77. The fourth-order valence-electron chi connectivity index (χ4n) is 2.55. The van der Waals surface area contributed by atoms with Crippen LogP contribution in [0.15, 0.2) is 6.07 Å². The largest absolute Gasteiger partial charge is 0.480 e. The van der Waals surface area contributed by atoms with Crippen LogP contribution in [-0.4, -0.2) is 48.7 Å². The third-order valence-electron chi connectivity index (χ3n) is 3.64. The third kappa shape index (κ3) is 4.28. The van der Waals surface area contributed by atoms with Crippen LogP contribution >= 0.6 is 11.3 Å². The molecule has 2 rings (SSSR count). The Morgan fingerprint density at radius 2 is 2.10 bits per heavy atom. The van der Waals surface area contributed by atoms with Gasteiger partial charge in [0.2, 0.25) is 0 Å². The highest BCUT2D eigenvalue weighted by Crippen LogP contribution is 2.29. The van der Waals surface area contributed by atoms with Crippen molar-refractivity contribution in [2.45, 2.75) is 32.1 Å². The Morgan fingerprint density at radius 3 is 2.81 bits per heavy atom. The lowest BCUT2D eigenvalue weighted by molar-refractivity contribution is -0.137. The van der Waals surface area contributed by atoms with E-state index >= 15 is 0 Å². The van der Waals surface area contributed by atoms with Crippen molar-refractivity contribution in [1.29, 1.82) is 0 Å². The van der Waals surface area contributed by atoms with Gasteiger partial charge >= 0.3 is 5.97 Å². The summed E-state index contributed by atoms with van der Waals surface area (Å²) in [6, 6.07) is 1.95. The molecular formula is C15H21NO4S. The number of amides is 1. The Hall–Kier alpha value is -1.40. The second-order valence-electron chi connectivity index (χ2n) is 5.23. The molecule has 5 nitrogen and oxygen atoms in total. The number of hydrogen-bond acceptors (Lipinski definition) is 4. The van der Waals surface area contributed by atoms with Crippen molar-refractivity contribution >= 4 is 23.2 Å². The standard InChI is InChI=1S/C15H21NO4S/c1-20-8-7-16(10-14(17)18)15(19)13-9-11-5-3-2-4-6-12(11)21-13/h9H,2-8,10H2,1H3,(H,17,18). The summed E-state index contributed by atoms with van der Waals surface area (Å²) in [6.45, 7) is 0.346. The first-order chi connectivity index (χ1) is 10.1. The van der Waals surface area contributed by atoms with Gasteiger partial charge in [-0.2, -0.15) is 0 Å². The lowest BCUT2D eigenvalue weighted by atomic mass is 10.1. The summed E-state index contributed by atoms with van der Waals surface area (Å²) in [5.41, 5.74) is 1.27. The minimum absolute atomic E-state index is 0.201. The molecule has 6 heteroatoms. The number of methoxy groups -OCH3 is 1. The van der Waals surface area contributed by atoms with E-state index in [1.165, 1.54) is 53.0 Å². The smallest absolute Gasteiger partial charge is 0.323 e. The maximum Gasteiger partial charge on any atom is 0.323 e. The first-order valence-corrected chi connectivity index (χ1v) is 8.05. The molecule has 0 radical (unpaired) electrons. The number of aliphatic carboxylic acids is 1. The van der Waals surface area contributed by atoms with Crippen molar-refractivity contribution < 1.29 is 19.4 Å². The van der Waals surface area contributed by atoms with Crippen molar-refractivity contribution in [3.63, 3.8) is 0 Å². The number of fused-ring (bicyclic) bond motifs is 1. The van der Waals surface area contributed by atoms with Gasteiger partial charge < -0.3 is 14.7 Å². The minimum Gasteiger partial charge on any atom is -0.480 e. The summed E-state index contributed by atoms with van der Waals surface area (Å²) >= 11 is 1.52. The van der Waals surface area contributed by atoms with E-state index < -0.39 is 5.97 Å². The molecule has 0 saturated heterocycles. The number of carboxylic acid groups (broad SMARTS) is 1. The number of thiophene rings is 1. The zero-order valence-electron chi connectivity index (χ0n) is 12.3. The Balaban J connectivity index is 2.13. The number of carbonyl (C=O) groups is 2. The monoisotopic (exact) mass is 311 g/mol. The van der Waals surface area contributed by atoms with E-state index in [9.17, 15) is 9.59 Å². The van der Waals surface area contributed by atoms with E-state index in [2.05, 4.69) is 0 Å². The molecule has 0 fully saturated rings. The summed E-state index contributed by atoms with van der Waals surface area (Å²) < 4.78 is 4.95. The first kappa shape index (κ1) is 16.0. The summed E-state index contributed by atoms with van der Waals surface area (Å²) in [4.78, 5) is 26.7. The van der Waals surface area contributed by atoms with Crippen LogP contribution in [0.1, 0.15) is 39.4 Å². The highest BCUT2D eigenvalue weighted by molar-refractivity contribution is 7.14. The molecule has 1 N–H and O–H groups in total. The first-order valence-electron chi connectivity index (χ1n) is 7.23. The van der Waals surface area contributed by atoms with Gasteiger partial charge in [0.15, 0.2) is 0 Å². The molecule has 0 bridgehead atoms. The number of nitrogens with zero attached hydrogens (tertiary/aromatic N) is 1. The lowest BCUT2D eigenvalue weighted by Gasteiger charge is -2.19. The highest BCUT2D eigenvalue weighted by atomic mass is 32.1. The van der Waals surface area contributed by atoms with Crippen LogP contribution in [0.4, 0.5) is 0 Å². The number of carboxylic acids is 1. The van der Waals surface area contributed by atoms with Crippen molar-refractivity contribution in [1.82, 2.24) is 4.90 Å². The molecule has 0 unspecified atom stereocenters. The molecule has 0 aliphatic heterocycles. The summed E-state index contributed by atoms with van der Waals surface area (Å²) in [5.74, 6) is -1.20. The van der Waals surface area contributed by atoms with E-state index in [1.54, 1.807) is 0 Å². The van der Waals surface area contributed by atoms with Crippen LogP contribution in [-0.2, 0) is 22.4 Å². The highest BCUT2D eigenvalue weighted by Gasteiger charge is 2.22. The van der Waals surface area contributed by atoms with Gasteiger partial charge in [-0.3, -0.25) is 9.59 Å². The molecule has 1 heterocycles. The van der Waals surface area contributed by atoms with Crippen molar-refractivity contribution in [2.75, 3.05) is 26.8 Å². The topological polar surface area (TPSA) is 66.8 Å². The van der Waals surface area contributed by atoms with Crippen molar-refractivity contribution in [2.24, 2.45) is 0 Å². The second-order valence-corrected chi connectivity index (χ2v) is 6.37. The summed E-state index contributed by atoms with van der Waals surface area (Å²) in [6.07, 6.45) is 5.63. The maximum atomic E-state index is 12.5. The number of rotatable bonds is 6. The van der Waals surface area contributed by atoms with Crippen molar-refractivity contribution in [3.05, 3.63) is 21.4 Å². The lowest BCUT2D eigenvalue weighted by Crippen LogP contribution is -2.37. The van der Waals surface area contributed by atoms with Gasteiger partial charge in [0.1, 0.15) is 6.54 Å². The van der Waals surface area contributed by atoms with Crippen LogP contribution in [0.25, 0.3) is 0 Å². The number of ether oxygens (including phenoxy) is 1. The average molecular weight is 311 g/mol. The Morgan fingerprint density at radius 1 is 1.33 bits per heavy atom. The molecule has 0 spiro atoms. The quantitative estimate of drug-likeness (QED) is 0.818. The number of hydrogen-bond donors (Lipinski definition) is 1. The van der Waals surface area contributed by atoms with Gasteiger partial charge in [-0.25, -0.2) is 0 Å². The van der Waals surface area contributed by atoms with Crippen LogP contribution in [0, 0.1) is 0 Å². The molecule has 1 aromatic rings. The zero-order valence-corrected chi connectivity index (χ0v) is 13.1. The van der Waals surface area contributed by atoms with Crippen LogP contribution < -0.4 is 0 Å². The molecule has 116 valence electrons. The number of carbonyl (C=O) groups excluding carboxylic acids is 1. The third-order valence-corrected chi connectivity index (χ3v) is 4.86. The predicted octanol–water partition coefficient (Wildman–Crippen LogP) is 2.19. The summed E-state index contributed by atoms with van der Waals surface area (Å²) in [7, 11) is 1.54. The molecule has 1 amide bonds. The Kier molecular flexibility index (Phi) is 5.76. The molecule has 21 heavy (non-hydrogen) atoms. The Labute approximate surface area is 128 Å². The van der Waals surface area contributed by atoms with E-state index in [-0.39, 0.29) is 12.5 Å². The SMILES string of the molecule is COCCN(CC(=O)O)C(=O)c1cc2c(s1)CCCCC2. The van der Waals surface area contributed by atoms with Gasteiger partial charge in [0.05, 0.1) is 11.5 Å². The maximum absolute atomic E-state index is 12.5. The molecular weight excluding hydrogens is 290 g/mol. The van der Waals surface area contributed by atoms with Gasteiger partial charge in [0.25, 0.3) is 5.91 Å². The Bertz CT molecular complexity index is 488. The molecule has 0 aromatic carbocycles. The van der Waals surface area contributed by atoms with E-state index in [1.807, 2.05) is 6.07 Å². The fraction of sp³-hybridized carbons (Fsp3) is 0.600. The normalized spacial score (nSPS) is 14.3. The minimum atomic E-state index is -1.00. The summed E-state index contributed by atoms with van der Waals surface area (Å²) in [5, 5.41) is 8.95. The molecule has 0 saturated carbocycles. The van der Waals surface area contributed by atoms with Gasteiger partial charge in [-0.1, -0.05) is 6.42 Å². The average Bonchev–Trinajstić information content (AvgIpc) is 2.73. The molecule has 1 aliphatic rings.